The van der Waals surface area contributed by atoms with E-state index in [9.17, 15) is 4.79 Å². The molecule has 0 spiro atoms. The predicted octanol–water partition coefficient (Wildman–Crippen LogP) is 1.53. The van der Waals surface area contributed by atoms with Gasteiger partial charge in [0.05, 0.1) is 11.7 Å². The van der Waals surface area contributed by atoms with Gasteiger partial charge in [0.15, 0.2) is 0 Å². The largest absolute Gasteiger partial charge is 0.399 e. The molecule has 1 aromatic heterocycles. The zero-order chi connectivity index (χ0) is 14.0. The van der Waals surface area contributed by atoms with Crippen molar-refractivity contribution < 1.29 is 4.79 Å². The fraction of sp³-hybridized carbons (Fsp3) is 0.429. The van der Waals surface area contributed by atoms with Crippen molar-refractivity contribution in [3.63, 3.8) is 0 Å². The van der Waals surface area contributed by atoms with Gasteiger partial charge in [-0.3, -0.25) is 4.79 Å². The Morgan fingerprint density at radius 1 is 1.47 bits per heavy atom. The minimum atomic E-state index is -0.0698. The molecule has 2 heterocycles. The zero-order valence-corrected chi connectivity index (χ0v) is 11.6. The average Bonchev–Trinajstić information content (AvgIpc) is 2.34. The molecule has 19 heavy (non-hydrogen) atoms. The molecule has 2 rings (SSSR count). The number of anilines is 1. The molecule has 1 atom stereocenters. The second kappa shape index (κ2) is 5.30. The van der Waals surface area contributed by atoms with Gasteiger partial charge in [-0.05, 0) is 38.5 Å². The Labute approximate surface area is 113 Å². The van der Waals surface area contributed by atoms with E-state index >= 15 is 0 Å². The second-order valence-electron chi connectivity index (χ2n) is 5.00. The van der Waals surface area contributed by atoms with Crippen molar-refractivity contribution >= 4 is 12.2 Å². The van der Waals surface area contributed by atoms with Gasteiger partial charge in [-0.2, -0.15) is 0 Å². The lowest BCUT2D eigenvalue weighted by molar-refractivity contribution is -0.119. The summed E-state index contributed by atoms with van der Waals surface area (Å²) in [6.45, 7) is 6.61. The average molecular weight is 260 g/mol. The summed E-state index contributed by atoms with van der Waals surface area (Å²) in [5.41, 5.74) is 9.90. The Morgan fingerprint density at radius 2 is 2.21 bits per heavy atom. The maximum atomic E-state index is 10.9. The van der Waals surface area contributed by atoms with Gasteiger partial charge in [-0.15, -0.1) is 0 Å². The van der Waals surface area contributed by atoms with E-state index in [-0.39, 0.29) is 6.04 Å². The van der Waals surface area contributed by atoms with Gasteiger partial charge in [0, 0.05) is 24.4 Å². The predicted molar refractivity (Wildman–Crippen MR) is 75.4 cm³/mol. The Hall–Kier alpha value is -2.04. The standard InChI is InChI=1S/C14H20N4O/c1-9-6-10(2)16-13(7-9)17-12-4-5-18(8-19)11(3)14(12)15/h6-8,11H,4-5,15H2,1-3H3,(H,16,17). The molecular weight excluding hydrogens is 240 g/mol. The van der Waals surface area contributed by atoms with E-state index in [2.05, 4.69) is 10.3 Å². The summed E-state index contributed by atoms with van der Waals surface area (Å²) >= 11 is 0. The molecule has 0 saturated heterocycles. The third kappa shape index (κ3) is 2.86. The lowest BCUT2D eigenvalue weighted by atomic mass is 10.1. The number of aryl methyl sites for hydroxylation is 2. The van der Waals surface area contributed by atoms with Crippen LogP contribution in [0.2, 0.25) is 0 Å². The van der Waals surface area contributed by atoms with E-state index in [0.29, 0.717) is 12.2 Å². The maximum absolute atomic E-state index is 10.9. The molecule has 0 aliphatic carbocycles. The van der Waals surface area contributed by atoms with Crippen molar-refractivity contribution in [2.75, 3.05) is 11.9 Å². The number of nitrogens with zero attached hydrogens (tertiary/aromatic N) is 2. The van der Waals surface area contributed by atoms with Crippen LogP contribution in [0.15, 0.2) is 23.5 Å². The molecule has 5 nitrogen and oxygen atoms in total. The van der Waals surface area contributed by atoms with Crippen molar-refractivity contribution in [1.29, 1.82) is 0 Å². The van der Waals surface area contributed by atoms with Crippen LogP contribution in [0.25, 0.3) is 0 Å². The maximum Gasteiger partial charge on any atom is 0.210 e. The fourth-order valence-electron chi connectivity index (χ4n) is 2.35. The van der Waals surface area contributed by atoms with Crippen LogP contribution < -0.4 is 11.1 Å². The number of rotatable bonds is 3. The van der Waals surface area contributed by atoms with Crippen molar-refractivity contribution in [3.05, 3.63) is 34.8 Å². The first-order valence-electron chi connectivity index (χ1n) is 6.43. The summed E-state index contributed by atoms with van der Waals surface area (Å²) in [6, 6.07) is 3.95. The first-order chi connectivity index (χ1) is 9.01. The van der Waals surface area contributed by atoms with Gasteiger partial charge in [-0.25, -0.2) is 4.98 Å². The van der Waals surface area contributed by atoms with Crippen molar-refractivity contribution in [1.82, 2.24) is 9.88 Å². The summed E-state index contributed by atoms with van der Waals surface area (Å²) in [7, 11) is 0. The Balaban J connectivity index is 2.23. The molecule has 1 aromatic rings. The van der Waals surface area contributed by atoms with Crippen molar-refractivity contribution in [2.45, 2.75) is 33.2 Å². The third-order valence-electron chi connectivity index (χ3n) is 3.43. The lowest BCUT2D eigenvalue weighted by Crippen LogP contribution is -2.42. The summed E-state index contributed by atoms with van der Waals surface area (Å²) in [5, 5.41) is 3.29. The molecule has 3 N–H and O–H groups in total. The summed E-state index contributed by atoms with van der Waals surface area (Å²) < 4.78 is 0. The van der Waals surface area contributed by atoms with Crippen molar-refractivity contribution in [2.24, 2.45) is 5.73 Å². The first-order valence-corrected chi connectivity index (χ1v) is 6.43. The zero-order valence-electron chi connectivity index (χ0n) is 11.6. The van der Waals surface area contributed by atoms with Crippen LogP contribution in [0.5, 0.6) is 0 Å². The van der Waals surface area contributed by atoms with Gasteiger partial charge >= 0.3 is 0 Å². The minimum absolute atomic E-state index is 0.0698. The number of aromatic nitrogens is 1. The summed E-state index contributed by atoms with van der Waals surface area (Å²) in [5.74, 6) is 0.808. The van der Waals surface area contributed by atoms with E-state index < -0.39 is 0 Å². The Morgan fingerprint density at radius 3 is 2.84 bits per heavy atom. The SMILES string of the molecule is Cc1cc(C)nc(NC2=C(N)C(C)N(C=O)CC2)c1. The van der Waals surface area contributed by atoms with Crippen LogP contribution in [0, 0.1) is 13.8 Å². The molecule has 5 heteroatoms. The van der Waals surface area contributed by atoms with Crippen LogP contribution in [-0.4, -0.2) is 28.9 Å². The number of nitrogens with one attached hydrogen (secondary N) is 1. The first kappa shape index (κ1) is 13.4. The number of amides is 1. The van der Waals surface area contributed by atoms with Crippen LogP contribution in [-0.2, 0) is 4.79 Å². The number of pyridine rings is 1. The quantitative estimate of drug-likeness (QED) is 0.809. The molecular formula is C14H20N4O. The van der Waals surface area contributed by atoms with Gasteiger partial charge in [0.25, 0.3) is 0 Å². The third-order valence-corrected chi connectivity index (χ3v) is 3.43. The molecule has 0 radical (unpaired) electrons. The van der Waals surface area contributed by atoms with Crippen LogP contribution in [0.4, 0.5) is 5.82 Å². The molecule has 0 aromatic carbocycles. The van der Waals surface area contributed by atoms with Crippen LogP contribution in [0.1, 0.15) is 24.6 Å². The highest BCUT2D eigenvalue weighted by Crippen LogP contribution is 2.21. The topological polar surface area (TPSA) is 71.2 Å². The lowest BCUT2D eigenvalue weighted by Gasteiger charge is -2.32. The van der Waals surface area contributed by atoms with E-state index in [0.717, 1.165) is 35.6 Å². The van der Waals surface area contributed by atoms with Gasteiger partial charge in [-0.1, -0.05) is 0 Å². The molecule has 0 fully saturated rings. The number of hydrogen-bond donors (Lipinski definition) is 2. The Bertz CT molecular complexity index is 504. The van der Waals surface area contributed by atoms with Crippen LogP contribution >= 0.6 is 0 Å². The summed E-state index contributed by atoms with van der Waals surface area (Å²) in [4.78, 5) is 17.0. The second-order valence-corrected chi connectivity index (χ2v) is 5.00. The Kier molecular flexibility index (Phi) is 3.74. The highest BCUT2D eigenvalue weighted by atomic mass is 16.1. The van der Waals surface area contributed by atoms with Gasteiger partial charge in [0.2, 0.25) is 6.41 Å². The molecule has 1 unspecified atom stereocenters. The molecule has 0 saturated carbocycles. The molecule has 1 amide bonds. The fourth-order valence-corrected chi connectivity index (χ4v) is 2.35. The number of hydrogen-bond acceptors (Lipinski definition) is 4. The van der Waals surface area contributed by atoms with E-state index in [1.807, 2.05) is 32.9 Å². The minimum Gasteiger partial charge on any atom is -0.399 e. The smallest absolute Gasteiger partial charge is 0.210 e. The molecule has 102 valence electrons. The van der Waals surface area contributed by atoms with E-state index in [1.54, 1.807) is 4.90 Å². The molecule has 0 bridgehead atoms. The highest BCUT2D eigenvalue weighted by molar-refractivity contribution is 5.52. The number of carbonyl (C=O) groups is 1. The van der Waals surface area contributed by atoms with Crippen LogP contribution in [0.3, 0.4) is 0 Å². The van der Waals surface area contributed by atoms with Gasteiger partial charge < -0.3 is 16.0 Å². The number of carbonyl (C=O) groups excluding carboxylic acids is 1. The monoisotopic (exact) mass is 260 g/mol. The summed E-state index contributed by atoms with van der Waals surface area (Å²) in [6.07, 6.45) is 1.58. The number of nitrogens with two attached hydrogens (primary N) is 1. The van der Waals surface area contributed by atoms with E-state index in [1.165, 1.54) is 0 Å². The highest BCUT2D eigenvalue weighted by Gasteiger charge is 2.23. The molecule has 1 aliphatic rings. The normalized spacial score (nSPS) is 19.5. The van der Waals surface area contributed by atoms with Crippen molar-refractivity contribution in [3.8, 4) is 0 Å². The van der Waals surface area contributed by atoms with E-state index in [4.69, 9.17) is 5.73 Å². The molecule has 1 aliphatic heterocycles. The van der Waals surface area contributed by atoms with Gasteiger partial charge in [0.1, 0.15) is 5.82 Å².